The van der Waals surface area contributed by atoms with Crippen molar-refractivity contribution >= 4 is 5.69 Å². The predicted octanol–water partition coefficient (Wildman–Crippen LogP) is 2.67. The first kappa shape index (κ1) is 10.2. The summed E-state index contributed by atoms with van der Waals surface area (Å²) in [5, 5.41) is 12.9. The maximum atomic E-state index is 9.52. The first-order valence-corrected chi connectivity index (χ1v) is 6.38. The molecule has 1 aliphatic carbocycles. The van der Waals surface area contributed by atoms with E-state index in [1.165, 1.54) is 23.2 Å². The Labute approximate surface area is 96.7 Å². The third-order valence-corrected chi connectivity index (χ3v) is 4.01. The van der Waals surface area contributed by atoms with Crippen LogP contribution in [0.5, 0.6) is 0 Å². The van der Waals surface area contributed by atoms with Crippen molar-refractivity contribution in [2.24, 2.45) is 0 Å². The summed E-state index contributed by atoms with van der Waals surface area (Å²) in [6, 6.07) is 6.86. The van der Waals surface area contributed by atoms with E-state index in [9.17, 15) is 5.11 Å². The van der Waals surface area contributed by atoms with Crippen molar-refractivity contribution in [3.63, 3.8) is 0 Å². The molecule has 86 valence electrons. The molecule has 0 bridgehead atoms. The molecule has 0 unspecified atom stereocenters. The van der Waals surface area contributed by atoms with E-state index in [1.54, 1.807) is 0 Å². The molecule has 3 rings (SSSR count). The van der Waals surface area contributed by atoms with Gasteiger partial charge in [0, 0.05) is 12.2 Å². The third-order valence-electron chi connectivity index (χ3n) is 4.01. The quantitative estimate of drug-likeness (QED) is 0.758. The van der Waals surface area contributed by atoms with Gasteiger partial charge in [0.15, 0.2) is 0 Å². The Morgan fingerprint density at radius 3 is 2.75 bits per heavy atom. The van der Waals surface area contributed by atoms with Crippen molar-refractivity contribution in [3.8, 4) is 0 Å². The molecule has 2 heteroatoms. The molecule has 1 aromatic carbocycles. The number of aliphatic hydroxyl groups excluding tert-OH is 1. The SMILES string of the molecule is OC1CCC(c2ccc3c(c2)CCN3)CC1. The van der Waals surface area contributed by atoms with Crippen LogP contribution in [0.1, 0.15) is 42.7 Å². The summed E-state index contributed by atoms with van der Waals surface area (Å²) in [7, 11) is 0. The molecule has 1 aromatic rings. The van der Waals surface area contributed by atoms with Crippen LogP contribution >= 0.6 is 0 Å². The predicted molar refractivity (Wildman–Crippen MR) is 65.9 cm³/mol. The Balaban J connectivity index is 1.79. The fourth-order valence-corrected chi connectivity index (χ4v) is 2.99. The number of nitrogens with one attached hydrogen (secondary N) is 1. The lowest BCUT2D eigenvalue weighted by Crippen LogP contribution is -2.16. The normalized spacial score (nSPS) is 28.6. The molecular weight excluding hydrogens is 198 g/mol. The summed E-state index contributed by atoms with van der Waals surface area (Å²) in [4.78, 5) is 0. The zero-order valence-corrected chi connectivity index (χ0v) is 9.58. The summed E-state index contributed by atoms with van der Waals surface area (Å²) < 4.78 is 0. The van der Waals surface area contributed by atoms with Crippen LogP contribution < -0.4 is 5.32 Å². The van der Waals surface area contributed by atoms with Gasteiger partial charge in [0.05, 0.1) is 6.10 Å². The van der Waals surface area contributed by atoms with E-state index in [2.05, 4.69) is 23.5 Å². The van der Waals surface area contributed by atoms with Crippen LogP contribution in [0.15, 0.2) is 18.2 Å². The van der Waals surface area contributed by atoms with Crippen LogP contribution in [0, 0.1) is 0 Å². The van der Waals surface area contributed by atoms with Crippen molar-refractivity contribution in [2.75, 3.05) is 11.9 Å². The van der Waals surface area contributed by atoms with Crippen molar-refractivity contribution in [1.82, 2.24) is 0 Å². The molecule has 0 radical (unpaired) electrons. The minimum absolute atomic E-state index is 0.0488. The average Bonchev–Trinajstić information content (AvgIpc) is 2.77. The van der Waals surface area contributed by atoms with Crippen molar-refractivity contribution in [2.45, 2.75) is 44.1 Å². The summed E-state index contributed by atoms with van der Waals surface area (Å²) in [6.45, 7) is 1.09. The second-order valence-electron chi connectivity index (χ2n) is 5.10. The number of rotatable bonds is 1. The zero-order chi connectivity index (χ0) is 11.0. The lowest BCUT2D eigenvalue weighted by molar-refractivity contribution is 0.122. The Morgan fingerprint density at radius 2 is 1.94 bits per heavy atom. The molecule has 1 fully saturated rings. The lowest BCUT2D eigenvalue weighted by Gasteiger charge is -2.26. The zero-order valence-electron chi connectivity index (χ0n) is 9.58. The second kappa shape index (κ2) is 4.10. The molecule has 0 saturated heterocycles. The average molecular weight is 217 g/mol. The van der Waals surface area contributed by atoms with Crippen molar-refractivity contribution in [1.29, 1.82) is 0 Å². The van der Waals surface area contributed by atoms with Crippen LogP contribution in [-0.2, 0) is 6.42 Å². The molecule has 1 saturated carbocycles. The van der Waals surface area contributed by atoms with Crippen LogP contribution in [-0.4, -0.2) is 17.8 Å². The van der Waals surface area contributed by atoms with Gasteiger partial charge in [0.25, 0.3) is 0 Å². The molecular formula is C14H19NO. The molecule has 1 aliphatic heterocycles. The maximum absolute atomic E-state index is 9.52. The molecule has 16 heavy (non-hydrogen) atoms. The van der Waals surface area contributed by atoms with Gasteiger partial charge in [-0.15, -0.1) is 0 Å². The van der Waals surface area contributed by atoms with E-state index in [0.29, 0.717) is 5.92 Å². The maximum Gasteiger partial charge on any atom is 0.0540 e. The van der Waals surface area contributed by atoms with Crippen LogP contribution in [0.4, 0.5) is 5.69 Å². The molecule has 2 N–H and O–H groups in total. The van der Waals surface area contributed by atoms with E-state index in [1.807, 2.05) is 0 Å². The van der Waals surface area contributed by atoms with Gasteiger partial charge in [-0.25, -0.2) is 0 Å². The monoisotopic (exact) mass is 217 g/mol. The molecule has 2 aliphatic rings. The highest BCUT2D eigenvalue weighted by Crippen LogP contribution is 2.35. The molecule has 0 spiro atoms. The van der Waals surface area contributed by atoms with E-state index >= 15 is 0 Å². The van der Waals surface area contributed by atoms with Gasteiger partial charge in [-0.05, 0) is 55.2 Å². The fourth-order valence-electron chi connectivity index (χ4n) is 2.99. The summed E-state index contributed by atoms with van der Waals surface area (Å²) in [5.41, 5.74) is 4.28. The third kappa shape index (κ3) is 1.82. The van der Waals surface area contributed by atoms with E-state index in [4.69, 9.17) is 0 Å². The van der Waals surface area contributed by atoms with Gasteiger partial charge in [-0.1, -0.05) is 12.1 Å². The van der Waals surface area contributed by atoms with E-state index in [-0.39, 0.29) is 6.10 Å². The summed E-state index contributed by atoms with van der Waals surface area (Å²) >= 11 is 0. The van der Waals surface area contributed by atoms with Crippen molar-refractivity contribution < 1.29 is 5.11 Å². The number of aliphatic hydroxyl groups is 1. The topological polar surface area (TPSA) is 32.3 Å². The molecule has 2 nitrogen and oxygen atoms in total. The first-order valence-electron chi connectivity index (χ1n) is 6.38. The number of fused-ring (bicyclic) bond motifs is 1. The fraction of sp³-hybridized carbons (Fsp3) is 0.571. The second-order valence-corrected chi connectivity index (χ2v) is 5.10. The van der Waals surface area contributed by atoms with Gasteiger partial charge >= 0.3 is 0 Å². The molecule has 0 aromatic heterocycles. The van der Waals surface area contributed by atoms with Gasteiger partial charge in [-0.2, -0.15) is 0 Å². The van der Waals surface area contributed by atoms with Crippen LogP contribution in [0.2, 0.25) is 0 Å². The lowest BCUT2D eigenvalue weighted by atomic mass is 9.82. The highest BCUT2D eigenvalue weighted by molar-refractivity contribution is 5.56. The molecule has 0 atom stereocenters. The van der Waals surface area contributed by atoms with Gasteiger partial charge in [0.1, 0.15) is 0 Å². The number of hydrogen-bond donors (Lipinski definition) is 2. The summed E-state index contributed by atoms with van der Waals surface area (Å²) in [5.74, 6) is 0.675. The first-order chi connectivity index (χ1) is 7.83. The van der Waals surface area contributed by atoms with Gasteiger partial charge in [0.2, 0.25) is 0 Å². The Kier molecular flexibility index (Phi) is 2.60. The van der Waals surface area contributed by atoms with Crippen LogP contribution in [0.3, 0.4) is 0 Å². The van der Waals surface area contributed by atoms with Gasteiger partial charge in [-0.3, -0.25) is 0 Å². The van der Waals surface area contributed by atoms with Crippen molar-refractivity contribution in [3.05, 3.63) is 29.3 Å². The Morgan fingerprint density at radius 1 is 1.12 bits per heavy atom. The largest absolute Gasteiger partial charge is 0.393 e. The Bertz CT molecular complexity index is 380. The Hall–Kier alpha value is -1.02. The number of hydrogen-bond acceptors (Lipinski definition) is 2. The number of benzene rings is 1. The highest BCUT2D eigenvalue weighted by atomic mass is 16.3. The highest BCUT2D eigenvalue weighted by Gasteiger charge is 2.21. The van der Waals surface area contributed by atoms with E-state index < -0.39 is 0 Å². The van der Waals surface area contributed by atoms with Crippen LogP contribution in [0.25, 0.3) is 0 Å². The summed E-state index contributed by atoms with van der Waals surface area (Å²) in [6.07, 6.45) is 5.35. The van der Waals surface area contributed by atoms with Gasteiger partial charge < -0.3 is 10.4 Å². The van der Waals surface area contributed by atoms with E-state index in [0.717, 1.165) is 32.2 Å². The minimum atomic E-state index is -0.0488. The smallest absolute Gasteiger partial charge is 0.0540 e. The molecule has 0 amide bonds. The molecule has 1 heterocycles. The standard InChI is InChI=1S/C14H19NO/c16-13-4-1-10(2-5-13)11-3-6-14-12(9-11)7-8-15-14/h3,6,9-10,13,15-16H,1-2,4-5,7-8H2. The minimum Gasteiger partial charge on any atom is -0.393 e. The number of anilines is 1.